The number of benzene rings is 7. The molecule has 14 aliphatic rings. The zero-order valence-corrected chi connectivity index (χ0v) is 89.0. The molecule has 20 atom stereocenters. The van der Waals surface area contributed by atoms with Crippen LogP contribution in [0.15, 0.2) is 212 Å². The van der Waals surface area contributed by atoms with Gasteiger partial charge in [0.15, 0.2) is 40.5 Å². The monoisotopic (exact) mass is 1910 g/mol. The fourth-order valence-corrected chi connectivity index (χ4v) is 28.9. The Hall–Kier alpha value is -8.05. The number of nitrogens with zero attached hydrogens (tertiary/aromatic N) is 7. The van der Waals surface area contributed by atoms with Gasteiger partial charge in [0.1, 0.15) is 38.8 Å². The Bertz CT molecular complexity index is 5160. The van der Waals surface area contributed by atoms with Gasteiger partial charge in [0.25, 0.3) is 0 Å². The summed E-state index contributed by atoms with van der Waals surface area (Å²) in [5.41, 5.74) is 6.14. The van der Waals surface area contributed by atoms with Crippen LogP contribution in [0, 0.1) is 53.3 Å². The van der Waals surface area contributed by atoms with Crippen LogP contribution in [0.1, 0.15) is 354 Å². The number of ketones is 7. The normalized spacial score (nSPS) is 34.9. The molecule has 7 aliphatic carbocycles. The molecule has 13 unspecified atom stereocenters. The maximum atomic E-state index is 13.0. The molecule has 21 rings (SSSR count). The Kier molecular flexibility index (Phi) is 36.9. The van der Waals surface area contributed by atoms with Gasteiger partial charge in [0, 0.05) is 121 Å². The first-order valence-corrected chi connectivity index (χ1v) is 56.6. The van der Waals surface area contributed by atoms with E-state index in [1.54, 1.807) is 0 Å². The van der Waals surface area contributed by atoms with Gasteiger partial charge in [-0.05, 0) is 268 Å². The van der Waals surface area contributed by atoms with E-state index < -0.39 is 0 Å². The maximum absolute atomic E-state index is 13.0. The maximum Gasteiger partial charge on any atom is 0.157 e. The first kappa shape index (κ1) is 107. The first-order valence-electron chi connectivity index (χ1n) is 56.6. The number of likely N-dealkylation sites (tertiary alicyclic amines) is 7. The van der Waals surface area contributed by atoms with Crippen LogP contribution in [-0.2, 0) is 72.3 Å². The molecule has 0 radical (unpaired) electrons. The van der Waals surface area contributed by atoms with Gasteiger partial charge in [0.05, 0.1) is 0 Å². The minimum atomic E-state index is -0.354. The molecule has 14 heteroatoms. The molecule has 14 nitrogen and oxygen atoms in total. The second-order valence-corrected chi connectivity index (χ2v) is 46.8. The van der Waals surface area contributed by atoms with E-state index in [9.17, 15) is 33.6 Å². The molecule has 14 fully saturated rings. The largest absolute Gasteiger partial charge is 0.297 e. The standard InChI is InChI=1S/3C19H27NO.2C18H25NO.2C17H23NO/c1-15-11-12-16(2)20(14-15)19(13-7-6-10-18(19)21)17-8-4-3-5-9-17;1-15-11-13-20(14-16(15)2)19(12-7-6-10-18(19)21)17-8-4-3-5-9-17;1-15-12-16(2)14-20(13-15)19(11-7-6-10-18(19)21)17-8-4-3-5-9-17;1-14-11-13-19(15(14)2)18(12-7-6-10-17(18)20)16-8-4-3-5-9-16;1-14-12-19(13-15(14)2)18(11-7-6-10-17(18)20)16-8-4-3-5-9-16;1-13-12-18(14(13)2)17(11-7-6-10-16(17)19)15-8-4-3-5-9-15;1-14-8-7-13-18(14)17(12-6-5-11-16(17)19)15-9-3-2-4-10-15/h3*3-5,8-9,15-16H,6-7,10-14H2,1-2H3;2*3-5,8-9,14-15H,6-7,10-13H2,1-2H3;3-5,8-9,13-14H,6-7,10-12H2,1-2H3;2-4,9-10,14H,5-8,11-13H2,1H3/t3*15?,16?,19-;2*14?,15?,18-;13?,14?,17-;14?,17-/m1111111/s1. The van der Waals surface area contributed by atoms with Crippen molar-refractivity contribution >= 4 is 40.5 Å². The number of Topliss-reactive ketones (excluding diaryl/α,β-unsaturated/α-hetero) is 7. The Morgan fingerprint density at radius 2 is 0.468 bits per heavy atom. The Morgan fingerprint density at radius 1 is 0.199 bits per heavy atom. The molecule has 0 amide bonds. The van der Waals surface area contributed by atoms with Crippen LogP contribution in [0.5, 0.6) is 0 Å². The van der Waals surface area contributed by atoms with Gasteiger partial charge in [-0.15, -0.1) is 0 Å². The molecular formula is C127H177N7O7. The van der Waals surface area contributed by atoms with Crippen LogP contribution in [0.25, 0.3) is 0 Å². The zero-order valence-electron chi connectivity index (χ0n) is 89.0. The van der Waals surface area contributed by atoms with E-state index in [1.165, 1.54) is 110 Å². The molecule has 7 aliphatic heterocycles. The predicted octanol–water partition coefficient (Wildman–Crippen LogP) is 26.4. The third kappa shape index (κ3) is 22.5. The molecule has 0 bridgehead atoms. The first-order chi connectivity index (χ1) is 68.1. The summed E-state index contributed by atoms with van der Waals surface area (Å²) in [4.78, 5) is 108. The van der Waals surface area contributed by atoms with Crippen molar-refractivity contribution in [1.29, 1.82) is 0 Å². The van der Waals surface area contributed by atoms with Gasteiger partial charge in [-0.25, -0.2) is 0 Å². The van der Waals surface area contributed by atoms with Crippen molar-refractivity contribution in [3.63, 3.8) is 0 Å². The highest BCUT2D eigenvalue weighted by Crippen LogP contribution is 2.53. The third-order valence-electron chi connectivity index (χ3n) is 37.7. The summed E-state index contributed by atoms with van der Waals surface area (Å²) in [7, 11) is 0. The number of carbonyl (C=O) groups excluding carboxylic acids is 7. The quantitative estimate of drug-likeness (QED) is 0.102. The SMILES string of the molecule is CC1CC(C)CN([C@@]2(c3ccccc3)CCCCC2=O)C1.CC1CCC(C)N([C@@]2(c3ccccc3)CCCCC2=O)C1.CC1CCCN1[C@@]1(c2ccccc2)CCCCC1=O.CC1CCN([C@@]2(c3ccccc3)CCCCC2=O)C1C.CC1CCN([C@@]2(c3ccccc3)CCCCC2=O)CC1C.CC1CN([C@@]2(c3ccccc3)CCCCC2=O)C1C.CC1CN([C@@]2(c3ccccc3)CCCCC2=O)CC1C. The zero-order chi connectivity index (χ0) is 99.7. The number of hydrogen-bond donors (Lipinski definition) is 0. The van der Waals surface area contributed by atoms with Crippen molar-refractivity contribution in [2.45, 2.75) is 378 Å². The summed E-state index contributed by atoms with van der Waals surface area (Å²) in [5.74, 6) is 9.36. The summed E-state index contributed by atoms with van der Waals surface area (Å²) in [6.07, 6.45) is 36.4. The van der Waals surface area contributed by atoms with Crippen molar-refractivity contribution in [3.05, 3.63) is 251 Å². The summed E-state index contributed by atoms with van der Waals surface area (Å²) in [6.45, 7) is 40.6. The smallest absolute Gasteiger partial charge is 0.157 e. The lowest BCUT2D eigenvalue weighted by atomic mass is 9.70. The molecule has 7 heterocycles. The van der Waals surface area contributed by atoms with Crippen molar-refractivity contribution in [2.24, 2.45) is 53.3 Å². The van der Waals surface area contributed by atoms with Crippen LogP contribution in [0.3, 0.4) is 0 Å². The molecule has 7 aromatic carbocycles. The van der Waals surface area contributed by atoms with E-state index in [0.717, 1.165) is 225 Å². The fraction of sp³-hybridized carbons (Fsp3) is 0.614. The highest BCUT2D eigenvalue weighted by Gasteiger charge is 2.58. The average Bonchev–Trinajstić information content (AvgIpc) is 1.52. The lowest BCUT2D eigenvalue weighted by Gasteiger charge is -2.57. The number of rotatable bonds is 14. The summed E-state index contributed by atoms with van der Waals surface area (Å²) < 4.78 is 0. The van der Waals surface area contributed by atoms with Crippen LogP contribution < -0.4 is 0 Å². The number of carbonyl (C=O) groups is 7. The van der Waals surface area contributed by atoms with E-state index in [4.69, 9.17) is 0 Å². The molecule has 7 saturated heterocycles. The van der Waals surface area contributed by atoms with Gasteiger partial charge >= 0.3 is 0 Å². The minimum absolute atomic E-state index is 0.324. The lowest BCUT2D eigenvalue weighted by Crippen LogP contribution is -2.66. The van der Waals surface area contributed by atoms with E-state index in [1.807, 2.05) is 42.5 Å². The Balaban J connectivity index is 0.000000124. The van der Waals surface area contributed by atoms with E-state index in [-0.39, 0.29) is 38.8 Å². The van der Waals surface area contributed by atoms with Gasteiger partial charge in [0.2, 0.25) is 0 Å². The molecule has 0 N–H and O–H groups in total. The lowest BCUT2D eigenvalue weighted by molar-refractivity contribution is -0.148. The van der Waals surface area contributed by atoms with Gasteiger partial charge in [-0.3, -0.25) is 67.9 Å². The van der Waals surface area contributed by atoms with E-state index >= 15 is 0 Å². The molecule has 0 spiro atoms. The third-order valence-corrected chi connectivity index (χ3v) is 37.7. The fourth-order valence-electron chi connectivity index (χ4n) is 28.9. The second kappa shape index (κ2) is 48.5. The molecule has 762 valence electrons. The van der Waals surface area contributed by atoms with Crippen molar-refractivity contribution in [1.82, 2.24) is 34.3 Å². The van der Waals surface area contributed by atoms with E-state index in [0.29, 0.717) is 112 Å². The summed E-state index contributed by atoms with van der Waals surface area (Å²) in [5, 5.41) is 0. The van der Waals surface area contributed by atoms with E-state index in [2.05, 4.69) is 294 Å². The number of piperidine rings is 3. The molecule has 7 saturated carbocycles. The van der Waals surface area contributed by atoms with Gasteiger partial charge in [-0.2, -0.15) is 0 Å². The van der Waals surface area contributed by atoms with Gasteiger partial charge < -0.3 is 0 Å². The average molecular weight is 1910 g/mol. The van der Waals surface area contributed by atoms with Crippen molar-refractivity contribution < 1.29 is 33.6 Å². The highest BCUT2D eigenvalue weighted by molar-refractivity contribution is 5.94. The summed E-state index contributed by atoms with van der Waals surface area (Å²) >= 11 is 0. The van der Waals surface area contributed by atoms with Crippen LogP contribution >= 0.6 is 0 Å². The molecule has 0 aromatic heterocycles. The highest BCUT2D eigenvalue weighted by atomic mass is 16.2. The second-order valence-electron chi connectivity index (χ2n) is 46.8. The Morgan fingerprint density at radius 3 is 0.766 bits per heavy atom. The molecule has 141 heavy (non-hydrogen) atoms. The summed E-state index contributed by atoms with van der Waals surface area (Å²) in [6, 6.07) is 75.5. The molecule has 7 aromatic rings. The molecular weight excluding hydrogens is 1740 g/mol. The van der Waals surface area contributed by atoms with Crippen LogP contribution in [0.4, 0.5) is 0 Å². The minimum Gasteiger partial charge on any atom is -0.297 e. The predicted molar refractivity (Wildman–Crippen MR) is 575 cm³/mol. The number of hydrogen-bond acceptors (Lipinski definition) is 14. The Labute approximate surface area is 850 Å². The van der Waals surface area contributed by atoms with Crippen molar-refractivity contribution in [2.75, 3.05) is 65.4 Å². The van der Waals surface area contributed by atoms with Crippen LogP contribution in [0.2, 0.25) is 0 Å². The van der Waals surface area contributed by atoms with Crippen LogP contribution in [-0.4, -0.2) is 164 Å². The van der Waals surface area contributed by atoms with Gasteiger partial charge in [-0.1, -0.05) is 320 Å². The topological polar surface area (TPSA) is 142 Å². The van der Waals surface area contributed by atoms with Crippen molar-refractivity contribution in [3.8, 4) is 0 Å².